The minimum Gasteiger partial charge on any atom is -0.378 e. The molecule has 8 nitrogen and oxygen atoms in total. The average molecular weight is 485 g/mol. The lowest BCUT2D eigenvalue weighted by molar-refractivity contribution is 0.0951. The number of anilines is 2. The Hall–Kier alpha value is -3.37. The molecule has 2 N–H and O–H groups in total. The third kappa shape index (κ3) is 6.20. The number of benzene rings is 2. The SMILES string of the molecule is C[C@H](Nc1cc(F)cc(F)c1)c1cc(C(=O)NCCN(C)C)cc2ncc(N3CCOCC3)nc12. The Morgan fingerprint density at radius 3 is 2.54 bits per heavy atom. The van der Waals surface area contributed by atoms with Gasteiger partial charge in [0, 0.05) is 49.1 Å². The smallest absolute Gasteiger partial charge is 0.251 e. The summed E-state index contributed by atoms with van der Waals surface area (Å²) in [7, 11) is 3.87. The molecule has 4 rings (SSSR count). The van der Waals surface area contributed by atoms with Gasteiger partial charge in [-0.15, -0.1) is 0 Å². The lowest BCUT2D eigenvalue weighted by Gasteiger charge is -2.28. The highest BCUT2D eigenvalue weighted by molar-refractivity contribution is 5.98. The van der Waals surface area contributed by atoms with Gasteiger partial charge in [-0.25, -0.2) is 13.8 Å². The van der Waals surface area contributed by atoms with E-state index in [1.54, 1.807) is 18.3 Å². The van der Waals surface area contributed by atoms with E-state index in [-0.39, 0.29) is 5.91 Å². The first-order valence-electron chi connectivity index (χ1n) is 11.6. The molecule has 1 atom stereocenters. The summed E-state index contributed by atoms with van der Waals surface area (Å²) in [6.45, 7) is 5.70. The molecule has 0 aliphatic carbocycles. The molecule has 1 aliphatic rings. The van der Waals surface area contributed by atoms with Gasteiger partial charge in [-0.05, 0) is 45.3 Å². The first-order chi connectivity index (χ1) is 16.8. The molecule has 1 aliphatic heterocycles. The topological polar surface area (TPSA) is 82.6 Å². The summed E-state index contributed by atoms with van der Waals surface area (Å²) in [5.74, 6) is -0.853. The Labute approximate surface area is 203 Å². The van der Waals surface area contributed by atoms with Crippen molar-refractivity contribution in [2.24, 2.45) is 0 Å². The number of aromatic nitrogens is 2. The zero-order valence-electron chi connectivity index (χ0n) is 20.1. The van der Waals surface area contributed by atoms with E-state index in [9.17, 15) is 13.6 Å². The molecule has 3 aromatic rings. The van der Waals surface area contributed by atoms with Crippen LogP contribution < -0.4 is 15.5 Å². The van der Waals surface area contributed by atoms with Crippen LogP contribution in [-0.2, 0) is 4.74 Å². The van der Waals surface area contributed by atoms with Crippen molar-refractivity contribution in [1.82, 2.24) is 20.2 Å². The minimum absolute atomic E-state index is 0.224. The normalized spacial score (nSPS) is 14.9. The summed E-state index contributed by atoms with van der Waals surface area (Å²) in [5, 5.41) is 6.05. The second kappa shape index (κ2) is 10.9. The number of morpholine rings is 1. The van der Waals surface area contributed by atoms with E-state index in [1.807, 2.05) is 25.9 Å². The summed E-state index contributed by atoms with van der Waals surface area (Å²) in [6, 6.07) is 6.34. The second-order valence-corrected chi connectivity index (χ2v) is 8.84. The van der Waals surface area contributed by atoms with Crippen LogP contribution in [0.5, 0.6) is 0 Å². The van der Waals surface area contributed by atoms with Gasteiger partial charge in [0.05, 0.1) is 36.5 Å². The molecule has 0 saturated carbocycles. The van der Waals surface area contributed by atoms with Gasteiger partial charge in [0.2, 0.25) is 0 Å². The van der Waals surface area contributed by atoms with Crippen molar-refractivity contribution < 1.29 is 18.3 Å². The van der Waals surface area contributed by atoms with Crippen LogP contribution in [0.15, 0.2) is 36.5 Å². The van der Waals surface area contributed by atoms with Gasteiger partial charge >= 0.3 is 0 Å². The molecule has 186 valence electrons. The fourth-order valence-corrected chi connectivity index (χ4v) is 4.00. The number of carbonyl (C=O) groups excluding carboxylic acids is 1. The van der Waals surface area contributed by atoms with E-state index < -0.39 is 17.7 Å². The Bertz CT molecular complexity index is 1180. The van der Waals surface area contributed by atoms with Gasteiger partial charge in [-0.1, -0.05) is 0 Å². The highest BCUT2D eigenvalue weighted by Crippen LogP contribution is 2.29. The minimum atomic E-state index is -0.673. The van der Waals surface area contributed by atoms with Gasteiger partial charge in [0.1, 0.15) is 17.5 Å². The Morgan fingerprint density at radius 2 is 1.86 bits per heavy atom. The van der Waals surface area contributed by atoms with Gasteiger partial charge in [0.15, 0.2) is 0 Å². The van der Waals surface area contributed by atoms with Gasteiger partial charge in [-0.2, -0.15) is 0 Å². The van der Waals surface area contributed by atoms with Crippen LogP contribution in [0.4, 0.5) is 20.3 Å². The van der Waals surface area contributed by atoms with Crippen LogP contribution in [0.3, 0.4) is 0 Å². The van der Waals surface area contributed by atoms with Crippen molar-refractivity contribution in [3.05, 3.63) is 59.3 Å². The fourth-order valence-electron chi connectivity index (χ4n) is 4.00. The van der Waals surface area contributed by atoms with Crippen LogP contribution in [0.1, 0.15) is 28.9 Å². The first kappa shape index (κ1) is 24.7. The molecule has 10 heteroatoms. The first-order valence-corrected chi connectivity index (χ1v) is 11.6. The molecule has 0 bridgehead atoms. The van der Waals surface area contributed by atoms with E-state index >= 15 is 0 Å². The molecule has 2 aromatic carbocycles. The monoisotopic (exact) mass is 484 g/mol. The van der Waals surface area contributed by atoms with E-state index in [0.29, 0.717) is 73.1 Å². The number of nitrogens with zero attached hydrogens (tertiary/aromatic N) is 4. The lowest BCUT2D eigenvalue weighted by Crippen LogP contribution is -2.36. The van der Waals surface area contributed by atoms with Gasteiger partial charge in [0.25, 0.3) is 5.91 Å². The largest absolute Gasteiger partial charge is 0.378 e. The second-order valence-electron chi connectivity index (χ2n) is 8.84. The summed E-state index contributed by atoms with van der Waals surface area (Å²) in [5.41, 5.74) is 2.62. The van der Waals surface area contributed by atoms with Crippen LogP contribution in [-0.4, -0.2) is 74.3 Å². The van der Waals surface area contributed by atoms with E-state index in [2.05, 4.69) is 20.5 Å². The molecule has 1 saturated heterocycles. The van der Waals surface area contributed by atoms with Crippen molar-refractivity contribution in [1.29, 1.82) is 0 Å². The fraction of sp³-hybridized carbons (Fsp3) is 0.400. The highest BCUT2D eigenvalue weighted by atomic mass is 19.1. The number of halogens is 2. The Morgan fingerprint density at radius 1 is 1.14 bits per heavy atom. The Balaban J connectivity index is 1.71. The van der Waals surface area contributed by atoms with Crippen LogP contribution >= 0.6 is 0 Å². The Kier molecular flexibility index (Phi) is 7.72. The molecule has 35 heavy (non-hydrogen) atoms. The quantitative estimate of drug-likeness (QED) is 0.508. The molecule has 1 fully saturated rings. The number of carbonyl (C=O) groups is 1. The summed E-state index contributed by atoms with van der Waals surface area (Å²) in [4.78, 5) is 26.4. The third-order valence-electron chi connectivity index (χ3n) is 5.82. The van der Waals surface area contributed by atoms with Crippen molar-refractivity contribution in [3.63, 3.8) is 0 Å². The maximum atomic E-state index is 13.8. The van der Waals surface area contributed by atoms with Gasteiger partial charge < -0.3 is 25.2 Å². The molecule has 0 radical (unpaired) electrons. The van der Waals surface area contributed by atoms with Crippen LogP contribution in [0.2, 0.25) is 0 Å². The van der Waals surface area contributed by atoms with Crippen molar-refractivity contribution in [2.45, 2.75) is 13.0 Å². The number of hydrogen-bond donors (Lipinski definition) is 2. The standard InChI is InChI=1S/C25H30F2N6O2/c1-16(30-20-13-18(26)12-19(27)14-20)21-10-17(25(34)28-4-5-32(2)3)11-22-24(21)31-23(15-29-22)33-6-8-35-9-7-33/h10-16,30H,4-9H2,1-3H3,(H,28,34)/t16-/m0/s1. The number of hydrogen-bond acceptors (Lipinski definition) is 7. The maximum Gasteiger partial charge on any atom is 0.251 e. The third-order valence-corrected chi connectivity index (χ3v) is 5.82. The number of ether oxygens (including phenoxy) is 1. The lowest BCUT2D eigenvalue weighted by atomic mass is 10.0. The molecule has 0 spiro atoms. The summed E-state index contributed by atoms with van der Waals surface area (Å²) < 4.78 is 33.0. The average Bonchev–Trinajstić information content (AvgIpc) is 2.82. The molecular formula is C25H30F2N6O2. The van der Waals surface area contributed by atoms with E-state index in [1.165, 1.54) is 12.1 Å². The molecule has 0 unspecified atom stereocenters. The number of amides is 1. The summed E-state index contributed by atoms with van der Waals surface area (Å²) in [6.07, 6.45) is 1.70. The van der Waals surface area contributed by atoms with Crippen molar-refractivity contribution in [3.8, 4) is 0 Å². The maximum absolute atomic E-state index is 13.8. The van der Waals surface area contributed by atoms with Crippen molar-refractivity contribution in [2.75, 3.05) is 63.7 Å². The predicted molar refractivity (Wildman–Crippen MR) is 132 cm³/mol. The van der Waals surface area contributed by atoms with E-state index in [4.69, 9.17) is 9.72 Å². The van der Waals surface area contributed by atoms with Gasteiger partial charge in [-0.3, -0.25) is 9.78 Å². The predicted octanol–water partition coefficient (Wildman–Crippen LogP) is 3.21. The van der Waals surface area contributed by atoms with E-state index in [0.717, 1.165) is 6.07 Å². The number of rotatable bonds is 8. The molecule has 1 amide bonds. The highest BCUT2D eigenvalue weighted by Gasteiger charge is 2.20. The van der Waals surface area contributed by atoms with Crippen molar-refractivity contribution >= 4 is 28.4 Å². The molecule has 2 heterocycles. The van der Waals surface area contributed by atoms with Crippen LogP contribution in [0, 0.1) is 11.6 Å². The number of fused-ring (bicyclic) bond motifs is 1. The molecule has 1 aromatic heterocycles. The summed E-state index contributed by atoms with van der Waals surface area (Å²) >= 11 is 0. The zero-order valence-corrected chi connectivity index (χ0v) is 20.1. The number of nitrogens with one attached hydrogen (secondary N) is 2. The zero-order chi connectivity index (χ0) is 24.9. The molecular weight excluding hydrogens is 454 g/mol. The number of likely N-dealkylation sites (N-methyl/N-ethyl adjacent to an activating group) is 1. The van der Waals surface area contributed by atoms with Crippen LogP contribution in [0.25, 0.3) is 11.0 Å².